The van der Waals surface area contributed by atoms with Crippen LogP contribution in [0.5, 0.6) is 11.5 Å². The van der Waals surface area contributed by atoms with Crippen LogP contribution in [0, 0.1) is 5.92 Å². The molecule has 1 fully saturated rings. The number of hydrogen-bond acceptors (Lipinski definition) is 5. The van der Waals surface area contributed by atoms with E-state index in [0.717, 1.165) is 56.8 Å². The van der Waals surface area contributed by atoms with Gasteiger partial charge in [-0.1, -0.05) is 6.07 Å². The zero-order valence-electron chi connectivity index (χ0n) is 14.8. The molecule has 134 valence electrons. The van der Waals surface area contributed by atoms with Gasteiger partial charge in [0.05, 0.1) is 26.2 Å². The number of methoxy groups -OCH3 is 1. The van der Waals surface area contributed by atoms with Crippen molar-refractivity contribution in [1.29, 1.82) is 0 Å². The summed E-state index contributed by atoms with van der Waals surface area (Å²) >= 11 is 0. The van der Waals surface area contributed by atoms with Gasteiger partial charge in [0.2, 0.25) is 0 Å². The largest absolute Gasteiger partial charge is 0.497 e. The van der Waals surface area contributed by atoms with Crippen LogP contribution in [-0.2, 0) is 9.53 Å². The third kappa shape index (κ3) is 6.04. The number of likely N-dealkylation sites (tertiary alicyclic amines) is 1. The summed E-state index contributed by atoms with van der Waals surface area (Å²) in [6.07, 6.45) is 3.96. The van der Waals surface area contributed by atoms with Gasteiger partial charge in [0, 0.05) is 6.07 Å². The summed E-state index contributed by atoms with van der Waals surface area (Å²) in [6.45, 7) is 6.09. The average Bonchev–Trinajstić information content (AvgIpc) is 2.62. The minimum atomic E-state index is -0.0242. The Bertz CT molecular complexity index is 498. The molecule has 5 nitrogen and oxygen atoms in total. The fraction of sp³-hybridized carbons (Fsp3) is 0.632. The summed E-state index contributed by atoms with van der Waals surface area (Å²) < 4.78 is 16.0. The van der Waals surface area contributed by atoms with Gasteiger partial charge in [-0.15, -0.1) is 0 Å². The molecule has 0 amide bonds. The van der Waals surface area contributed by atoms with Gasteiger partial charge in [-0.05, 0) is 64.4 Å². The highest BCUT2D eigenvalue weighted by atomic mass is 16.5. The number of rotatable bonds is 9. The van der Waals surface area contributed by atoms with Crippen molar-refractivity contribution in [3.63, 3.8) is 0 Å². The van der Waals surface area contributed by atoms with Crippen LogP contribution >= 0.6 is 0 Å². The van der Waals surface area contributed by atoms with Gasteiger partial charge in [0.1, 0.15) is 11.5 Å². The maximum absolute atomic E-state index is 11.7. The summed E-state index contributed by atoms with van der Waals surface area (Å²) in [5, 5.41) is 0. The van der Waals surface area contributed by atoms with Gasteiger partial charge in [0.25, 0.3) is 0 Å². The molecule has 0 unspecified atom stereocenters. The van der Waals surface area contributed by atoms with Crippen LogP contribution in [-0.4, -0.2) is 50.8 Å². The maximum atomic E-state index is 11.7. The molecule has 1 heterocycles. The standard InChI is InChI=1S/C19H29NO4/c1-3-23-19(21)16-9-12-20(13-10-16)11-4-5-14-24-18-8-6-7-17(15-18)22-2/h6-8,15-16H,3-5,9-14H2,1-2H3. The number of carbonyl (C=O) groups is 1. The number of hydrogen-bond donors (Lipinski definition) is 0. The van der Waals surface area contributed by atoms with E-state index in [1.54, 1.807) is 7.11 Å². The molecule has 0 atom stereocenters. The predicted octanol–water partition coefficient (Wildman–Crippen LogP) is 3.13. The second-order valence-corrected chi connectivity index (χ2v) is 6.10. The molecule has 1 saturated heterocycles. The van der Waals surface area contributed by atoms with Crippen LogP contribution in [0.3, 0.4) is 0 Å². The second-order valence-electron chi connectivity index (χ2n) is 6.10. The Kier molecular flexibility index (Phi) is 7.89. The maximum Gasteiger partial charge on any atom is 0.309 e. The number of carbonyl (C=O) groups excluding carboxylic acids is 1. The first-order chi connectivity index (χ1) is 11.7. The van der Waals surface area contributed by atoms with Crippen molar-refractivity contribution in [1.82, 2.24) is 4.90 Å². The number of ether oxygens (including phenoxy) is 3. The van der Waals surface area contributed by atoms with Gasteiger partial charge in [-0.3, -0.25) is 4.79 Å². The molecule has 0 spiro atoms. The molecule has 1 aliphatic heterocycles. The lowest BCUT2D eigenvalue weighted by Crippen LogP contribution is -2.37. The molecule has 0 aromatic heterocycles. The van der Waals surface area contributed by atoms with Crippen LogP contribution in [0.1, 0.15) is 32.6 Å². The van der Waals surface area contributed by atoms with Crippen molar-refractivity contribution >= 4 is 5.97 Å². The molecule has 0 saturated carbocycles. The van der Waals surface area contributed by atoms with Crippen LogP contribution in [0.25, 0.3) is 0 Å². The van der Waals surface area contributed by atoms with Crippen molar-refractivity contribution < 1.29 is 19.0 Å². The van der Waals surface area contributed by atoms with Gasteiger partial charge in [-0.25, -0.2) is 0 Å². The Morgan fingerprint density at radius 2 is 1.96 bits per heavy atom. The van der Waals surface area contributed by atoms with E-state index >= 15 is 0 Å². The van der Waals surface area contributed by atoms with E-state index in [1.807, 2.05) is 31.2 Å². The zero-order chi connectivity index (χ0) is 17.2. The minimum absolute atomic E-state index is 0.0242. The van der Waals surface area contributed by atoms with E-state index in [-0.39, 0.29) is 11.9 Å². The first kappa shape index (κ1) is 18.6. The Labute approximate surface area is 144 Å². The fourth-order valence-corrected chi connectivity index (χ4v) is 2.97. The normalized spacial score (nSPS) is 15.9. The van der Waals surface area contributed by atoms with Crippen LogP contribution in [0.15, 0.2) is 24.3 Å². The molecular formula is C19H29NO4. The first-order valence-corrected chi connectivity index (χ1v) is 8.88. The monoisotopic (exact) mass is 335 g/mol. The fourth-order valence-electron chi connectivity index (χ4n) is 2.97. The SMILES string of the molecule is CCOC(=O)C1CCN(CCCCOc2cccc(OC)c2)CC1. The Morgan fingerprint density at radius 3 is 2.67 bits per heavy atom. The lowest BCUT2D eigenvalue weighted by Gasteiger charge is -2.30. The highest BCUT2D eigenvalue weighted by Gasteiger charge is 2.25. The molecule has 5 heteroatoms. The molecule has 24 heavy (non-hydrogen) atoms. The lowest BCUT2D eigenvalue weighted by atomic mass is 9.97. The molecule has 0 N–H and O–H groups in total. The summed E-state index contributed by atoms with van der Waals surface area (Å²) in [6, 6.07) is 7.69. The Hall–Kier alpha value is -1.75. The van der Waals surface area contributed by atoms with E-state index in [4.69, 9.17) is 14.2 Å². The van der Waals surface area contributed by atoms with Crippen molar-refractivity contribution in [3.05, 3.63) is 24.3 Å². The molecule has 0 radical (unpaired) electrons. The van der Waals surface area contributed by atoms with Crippen molar-refractivity contribution in [3.8, 4) is 11.5 Å². The van der Waals surface area contributed by atoms with E-state index in [2.05, 4.69) is 4.90 Å². The van der Waals surface area contributed by atoms with E-state index in [1.165, 1.54) is 0 Å². The molecular weight excluding hydrogens is 306 g/mol. The van der Waals surface area contributed by atoms with Gasteiger partial charge in [0.15, 0.2) is 0 Å². The third-order valence-electron chi connectivity index (χ3n) is 4.39. The summed E-state index contributed by atoms with van der Waals surface area (Å²) in [5.74, 6) is 1.74. The Balaban J connectivity index is 1.56. The lowest BCUT2D eigenvalue weighted by molar-refractivity contribution is -0.149. The number of unbranched alkanes of at least 4 members (excludes halogenated alkanes) is 1. The summed E-state index contributed by atoms with van der Waals surface area (Å²) in [5.41, 5.74) is 0. The predicted molar refractivity (Wildman–Crippen MR) is 93.5 cm³/mol. The molecule has 0 aliphatic carbocycles. The molecule has 1 aromatic rings. The van der Waals surface area contributed by atoms with Crippen LogP contribution in [0.4, 0.5) is 0 Å². The van der Waals surface area contributed by atoms with E-state index < -0.39 is 0 Å². The topological polar surface area (TPSA) is 48.0 Å². The van der Waals surface area contributed by atoms with Gasteiger partial charge < -0.3 is 19.1 Å². The van der Waals surface area contributed by atoms with Gasteiger partial charge in [-0.2, -0.15) is 0 Å². The number of piperidine rings is 1. The van der Waals surface area contributed by atoms with Crippen LogP contribution < -0.4 is 9.47 Å². The first-order valence-electron chi connectivity index (χ1n) is 8.88. The number of nitrogens with zero attached hydrogens (tertiary/aromatic N) is 1. The number of esters is 1. The molecule has 0 bridgehead atoms. The van der Waals surface area contributed by atoms with E-state index in [0.29, 0.717) is 13.2 Å². The smallest absolute Gasteiger partial charge is 0.309 e. The quantitative estimate of drug-likeness (QED) is 0.512. The van der Waals surface area contributed by atoms with Crippen molar-refractivity contribution in [2.24, 2.45) is 5.92 Å². The number of benzene rings is 1. The van der Waals surface area contributed by atoms with Crippen molar-refractivity contribution in [2.75, 3.05) is 40.0 Å². The molecule has 1 aliphatic rings. The third-order valence-corrected chi connectivity index (χ3v) is 4.39. The van der Waals surface area contributed by atoms with Crippen LogP contribution in [0.2, 0.25) is 0 Å². The Morgan fingerprint density at radius 1 is 1.21 bits per heavy atom. The molecule has 1 aromatic carbocycles. The van der Waals surface area contributed by atoms with E-state index in [9.17, 15) is 4.79 Å². The van der Waals surface area contributed by atoms with Gasteiger partial charge >= 0.3 is 5.97 Å². The average molecular weight is 335 g/mol. The zero-order valence-corrected chi connectivity index (χ0v) is 14.8. The summed E-state index contributed by atoms with van der Waals surface area (Å²) in [7, 11) is 1.66. The second kappa shape index (κ2) is 10.2. The van der Waals surface area contributed by atoms with Crippen molar-refractivity contribution in [2.45, 2.75) is 32.6 Å². The highest BCUT2D eigenvalue weighted by Crippen LogP contribution is 2.20. The molecule has 2 rings (SSSR count). The summed E-state index contributed by atoms with van der Waals surface area (Å²) in [4.78, 5) is 14.2. The minimum Gasteiger partial charge on any atom is -0.497 e. The highest BCUT2D eigenvalue weighted by molar-refractivity contribution is 5.72.